The molecule has 5 amide bonds. The van der Waals surface area contributed by atoms with Crippen molar-refractivity contribution in [3.8, 4) is 0 Å². The molecule has 0 spiro atoms. The van der Waals surface area contributed by atoms with Gasteiger partial charge in [-0.2, -0.15) is 0 Å². The van der Waals surface area contributed by atoms with Crippen LogP contribution in [0.1, 0.15) is 6.42 Å². The van der Waals surface area contributed by atoms with Crippen LogP contribution >= 0.6 is 0 Å². The van der Waals surface area contributed by atoms with Gasteiger partial charge in [0.15, 0.2) is 0 Å². The maximum absolute atomic E-state index is 11.2. The molecule has 0 radical (unpaired) electrons. The van der Waals surface area contributed by atoms with Crippen molar-refractivity contribution in [3.63, 3.8) is 0 Å². The van der Waals surface area contributed by atoms with Crippen LogP contribution in [-0.2, 0) is 14.4 Å². The van der Waals surface area contributed by atoms with Crippen LogP contribution in [-0.4, -0.2) is 54.2 Å². The van der Waals surface area contributed by atoms with E-state index in [9.17, 15) is 19.2 Å². The topological polar surface area (TPSA) is 86.8 Å². The molecule has 15 heavy (non-hydrogen) atoms. The highest BCUT2D eigenvalue weighted by Crippen LogP contribution is 2.02. The maximum Gasteiger partial charge on any atom is 0.331 e. The van der Waals surface area contributed by atoms with Crippen LogP contribution in [0.3, 0.4) is 0 Å². The Morgan fingerprint density at radius 1 is 1.33 bits per heavy atom. The van der Waals surface area contributed by atoms with E-state index in [-0.39, 0.29) is 18.9 Å². The van der Waals surface area contributed by atoms with Gasteiger partial charge in [-0.25, -0.2) is 4.79 Å². The number of urea groups is 1. The lowest BCUT2D eigenvalue weighted by molar-refractivity contribution is -0.140. The molecule has 82 valence electrons. The van der Waals surface area contributed by atoms with Crippen molar-refractivity contribution < 1.29 is 19.2 Å². The maximum atomic E-state index is 11.2. The van der Waals surface area contributed by atoms with Crippen molar-refractivity contribution in [2.24, 2.45) is 0 Å². The Bertz CT molecular complexity index is 337. The monoisotopic (exact) mass is 213 g/mol. The van der Waals surface area contributed by atoms with Crippen LogP contribution in [0.15, 0.2) is 0 Å². The molecule has 1 fully saturated rings. The number of nitrogens with zero attached hydrogens (tertiary/aromatic N) is 2. The van der Waals surface area contributed by atoms with Gasteiger partial charge in [0, 0.05) is 27.1 Å². The number of carbonyl (C=O) groups excluding carboxylic acids is 4. The van der Waals surface area contributed by atoms with Crippen LogP contribution in [0.2, 0.25) is 0 Å². The molecular formula is C8H11N3O4. The zero-order valence-corrected chi connectivity index (χ0v) is 8.44. The van der Waals surface area contributed by atoms with Crippen molar-refractivity contribution in [2.75, 3.05) is 20.6 Å². The van der Waals surface area contributed by atoms with Gasteiger partial charge < -0.3 is 4.90 Å². The Kier molecular flexibility index (Phi) is 3.03. The number of amides is 5. The predicted octanol–water partition coefficient (Wildman–Crippen LogP) is -1.46. The first-order chi connectivity index (χ1) is 6.93. The second-order valence-electron chi connectivity index (χ2n) is 3.25. The van der Waals surface area contributed by atoms with Crippen LogP contribution in [0, 0.1) is 0 Å². The summed E-state index contributed by atoms with van der Waals surface area (Å²) in [6.45, 7) is -0.0760. The van der Waals surface area contributed by atoms with E-state index in [1.54, 1.807) is 14.1 Å². The summed E-state index contributed by atoms with van der Waals surface area (Å²) in [6.07, 6.45) is 0.0133. The summed E-state index contributed by atoms with van der Waals surface area (Å²) in [5.41, 5.74) is 0. The summed E-state index contributed by atoms with van der Waals surface area (Å²) in [5, 5.41) is 1.84. The van der Waals surface area contributed by atoms with E-state index < -0.39 is 17.8 Å². The molecule has 0 aromatic carbocycles. The standard InChI is InChI=1S/C8H11N3O4/c1-10(2)5(12)3-4-11-7(14)6(13)9-8(11)15/h3-4H2,1-2H3,(H,9,13,15). The Morgan fingerprint density at radius 2 is 1.93 bits per heavy atom. The third kappa shape index (κ3) is 2.30. The first-order valence-electron chi connectivity index (χ1n) is 4.30. The van der Waals surface area contributed by atoms with E-state index in [0.29, 0.717) is 0 Å². The number of rotatable bonds is 3. The first-order valence-corrected chi connectivity index (χ1v) is 4.30. The molecule has 7 nitrogen and oxygen atoms in total. The highest BCUT2D eigenvalue weighted by Gasteiger charge is 2.36. The van der Waals surface area contributed by atoms with Crippen LogP contribution < -0.4 is 5.32 Å². The fourth-order valence-corrected chi connectivity index (χ4v) is 1.07. The van der Waals surface area contributed by atoms with E-state index in [4.69, 9.17) is 0 Å². The van der Waals surface area contributed by atoms with Crippen LogP contribution in [0.4, 0.5) is 4.79 Å². The number of hydrogen-bond donors (Lipinski definition) is 1. The zero-order valence-electron chi connectivity index (χ0n) is 8.44. The summed E-state index contributed by atoms with van der Waals surface area (Å²) in [6, 6.07) is -0.767. The fraction of sp³-hybridized carbons (Fsp3) is 0.500. The molecule has 1 aliphatic heterocycles. The molecule has 1 aliphatic rings. The summed E-state index contributed by atoms with van der Waals surface area (Å²) in [7, 11) is 3.14. The number of carbonyl (C=O) groups is 4. The van der Waals surface area contributed by atoms with Gasteiger partial charge >= 0.3 is 17.8 Å². The van der Waals surface area contributed by atoms with Gasteiger partial charge in [0.05, 0.1) is 0 Å². The predicted molar refractivity (Wildman–Crippen MR) is 48.6 cm³/mol. The Hall–Kier alpha value is -1.92. The first kappa shape index (κ1) is 11.2. The van der Waals surface area contributed by atoms with E-state index in [0.717, 1.165) is 4.90 Å². The van der Waals surface area contributed by atoms with Gasteiger partial charge in [0.2, 0.25) is 5.91 Å². The lowest BCUT2D eigenvalue weighted by Crippen LogP contribution is -2.35. The lowest BCUT2D eigenvalue weighted by atomic mass is 10.3. The smallest absolute Gasteiger partial charge is 0.331 e. The van der Waals surface area contributed by atoms with Gasteiger partial charge in [0.25, 0.3) is 0 Å². The third-order valence-corrected chi connectivity index (χ3v) is 1.95. The molecule has 1 saturated heterocycles. The average molecular weight is 213 g/mol. The fourth-order valence-electron chi connectivity index (χ4n) is 1.07. The van der Waals surface area contributed by atoms with E-state index in [1.807, 2.05) is 5.32 Å². The third-order valence-electron chi connectivity index (χ3n) is 1.95. The second kappa shape index (κ2) is 4.07. The number of imide groups is 2. The van der Waals surface area contributed by atoms with E-state index in [1.165, 1.54) is 4.90 Å². The van der Waals surface area contributed by atoms with Crippen molar-refractivity contribution in [3.05, 3.63) is 0 Å². The highest BCUT2D eigenvalue weighted by molar-refractivity contribution is 6.44. The summed E-state index contributed by atoms with van der Waals surface area (Å²) >= 11 is 0. The molecule has 0 aliphatic carbocycles. The van der Waals surface area contributed by atoms with Gasteiger partial charge in [-0.3, -0.25) is 24.6 Å². The van der Waals surface area contributed by atoms with Crippen molar-refractivity contribution >= 4 is 23.8 Å². The second-order valence-corrected chi connectivity index (χ2v) is 3.25. The molecule has 1 N–H and O–H groups in total. The van der Waals surface area contributed by atoms with E-state index in [2.05, 4.69) is 0 Å². The summed E-state index contributed by atoms with van der Waals surface area (Å²) in [4.78, 5) is 46.1. The summed E-state index contributed by atoms with van der Waals surface area (Å²) in [5.74, 6) is -2.07. The number of hydrogen-bond acceptors (Lipinski definition) is 4. The molecule has 7 heteroatoms. The van der Waals surface area contributed by atoms with Crippen LogP contribution in [0.5, 0.6) is 0 Å². The molecule has 0 unspecified atom stereocenters. The number of nitrogens with one attached hydrogen (secondary N) is 1. The molecule has 1 heterocycles. The van der Waals surface area contributed by atoms with Crippen LogP contribution in [0.25, 0.3) is 0 Å². The Labute approximate surface area is 86.0 Å². The largest absolute Gasteiger partial charge is 0.349 e. The SMILES string of the molecule is CN(C)C(=O)CCN1C(=O)NC(=O)C1=O. The minimum atomic E-state index is -0.947. The molecule has 0 saturated carbocycles. The normalized spacial score (nSPS) is 15.6. The molecule has 0 aromatic rings. The van der Waals surface area contributed by atoms with Crippen molar-refractivity contribution in [1.82, 2.24) is 15.1 Å². The van der Waals surface area contributed by atoms with Gasteiger partial charge in [-0.05, 0) is 0 Å². The lowest BCUT2D eigenvalue weighted by Gasteiger charge is -2.13. The van der Waals surface area contributed by atoms with E-state index >= 15 is 0 Å². The Morgan fingerprint density at radius 3 is 2.33 bits per heavy atom. The van der Waals surface area contributed by atoms with Gasteiger partial charge in [-0.15, -0.1) is 0 Å². The molecule has 0 bridgehead atoms. The molecule has 0 aromatic heterocycles. The molecule has 1 rings (SSSR count). The quantitative estimate of drug-likeness (QED) is 0.458. The minimum absolute atomic E-state index is 0.0133. The molecular weight excluding hydrogens is 202 g/mol. The zero-order chi connectivity index (χ0) is 11.6. The average Bonchev–Trinajstić information content (AvgIpc) is 2.38. The van der Waals surface area contributed by atoms with Gasteiger partial charge in [0.1, 0.15) is 0 Å². The van der Waals surface area contributed by atoms with Gasteiger partial charge in [-0.1, -0.05) is 0 Å². The van der Waals surface area contributed by atoms with Crippen molar-refractivity contribution in [2.45, 2.75) is 6.42 Å². The Balaban J connectivity index is 2.53. The summed E-state index contributed by atoms with van der Waals surface area (Å²) < 4.78 is 0. The highest BCUT2D eigenvalue weighted by atomic mass is 16.2. The molecule has 0 atom stereocenters. The van der Waals surface area contributed by atoms with Crippen molar-refractivity contribution in [1.29, 1.82) is 0 Å². The minimum Gasteiger partial charge on any atom is -0.349 e.